The molecule has 0 radical (unpaired) electrons. The van der Waals surface area contributed by atoms with E-state index in [9.17, 15) is 4.79 Å². The van der Waals surface area contributed by atoms with Gasteiger partial charge in [0.25, 0.3) is 5.91 Å². The Kier molecular flexibility index (Phi) is 11.7. The number of nitrogens with one attached hydrogen (secondary N) is 3. The molecule has 29 heavy (non-hydrogen) atoms. The normalized spacial score (nSPS) is 11.9. The lowest BCUT2D eigenvalue weighted by Crippen LogP contribution is -2.38. The minimum absolute atomic E-state index is 0. The number of hydrogen-bond acceptors (Lipinski definition) is 2. The minimum atomic E-state index is -0.0401. The third-order valence-electron chi connectivity index (χ3n) is 4.48. The van der Waals surface area contributed by atoms with Crippen LogP contribution in [0.3, 0.4) is 0 Å². The molecule has 0 aromatic heterocycles. The van der Waals surface area contributed by atoms with Crippen LogP contribution in [0.4, 0.5) is 0 Å². The van der Waals surface area contributed by atoms with Crippen molar-refractivity contribution in [1.29, 1.82) is 0 Å². The Hall–Kier alpha value is -1.80. The molecular weight excluding hydrogens is 499 g/mol. The van der Waals surface area contributed by atoms with E-state index in [1.54, 1.807) is 7.05 Å². The first-order valence-corrected chi connectivity index (χ1v) is 9.98. The molecule has 5 nitrogen and oxygen atoms in total. The highest BCUT2D eigenvalue weighted by Gasteiger charge is 2.09. The van der Waals surface area contributed by atoms with Gasteiger partial charge in [0.2, 0.25) is 0 Å². The number of guanidine groups is 1. The number of benzene rings is 2. The van der Waals surface area contributed by atoms with E-state index < -0.39 is 0 Å². The maximum Gasteiger partial charge on any atom is 0.251 e. The van der Waals surface area contributed by atoms with Gasteiger partial charge in [-0.3, -0.25) is 9.79 Å². The van der Waals surface area contributed by atoms with Gasteiger partial charge in [-0.25, -0.2) is 0 Å². The molecule has 0 heterocycles. The molecule has 1 unspecified atom stereocenters. The first-order valence-electron chi connectivity index (χ1n) is 9.60. The van der Waals surface area contributed by atoms with Crippen molar-refractivity contribution in [3.63, 3.8) is 0 Å². The van der Waals surface area contributed by atoms with Gasteiger partial charge in [0.15, 0.2) is 5.96 Å². The van der Waals surface area contributed by atoms with Crippen molar-refractivity contribution in [2.24, 2.45) is 4.99 Å². The molecule has 7 heteroatoms. The largest absolute Gasteiger partial charge is 0.356 e. The summed E-state index contributed by atoms with van der Waals surface area (Å²) in [6.07, 6.45) is 1.79. The van der Waals surface area contributed by atoms with Crippen LogP contribution in [0.2, 0.25) is 5.02 Å². The molecule has 0 saturated heterocycles. The van der Waals surface area contributed by atoms with Crippen molar-refractivity contribution in [3.05, 3.63) is 70.2 Å². The van der Waals surface area contributed by atoms with E-state index in [0.717, 1.165) is 35.9 Å². The van der Waals surface area contributed by atoms with Gasteiger partial charge in [0, 0.05) is 36.8 Å². The van der Waals surface area contributed by atoms with Crippen LogP contribution in [0.5, 0.6) is 0 Å². The van der Waals surface area contributed by atoms with Crippen molar-refractivity contribution in [1.82, 2.24) is 16.0 Å². The molecule has 0 aliphatic rings. The number of carbonyl (C=O) groups is 1. The minimum Gasteiger partial charge on any atom is -0.356 e. The molecule has 0 saturated carbocycles. The zero-order chi connectivity index (χ0) is 20.4. The first kappa shape index (κ1) is 25.2. The summed E-state index contributed by atoms with van der Waals surface area (Å²) < 4.78 is 0. The zero-order valence-corrected chi connectivity index (χ0v) is 20.3. The molecule has 0 spiro atoms. The van der Waals surface area contributed by atoms with E-state index in [0.29, 0.717) is 12.1 Å². The Morgan fingerprint density at radius 1 is 1.10 bits per heavy atom. The fraction of sp³-hybridized carbons (Fsp3) is 0.364. The Morgan fingerprint density at radius 2 is 1.83 bits per heavy atom. The number of carbonyl (C=O) groups excluding carboxylic acids is 1. The Morgan fingerprint density at radius 3 is 2.48 bits per heavy atom. The Balaban J connectivity index is 0.00000420. The van der Waals surface area contributed by atoms with Gasteiger partial charge in [-0.15, -0.1) is 24.0 Å². The summed E-state index contributed by atoms with van der Waals surface area (Å²) in [4.78, 5) is 16.5. The van der Waals surface area contributed by atoms with E-state index in [-0.39, 0.29) is 35.9 Å². The van der Waals surface area contributed by atoms with E-state index in [1.807, 2.05) is 55.5 Å². The summed E-state index contributed by atoms with van der Waals surface area (Å²) in [7, 11) is 1.74. The van der Waals surface area contributed by atoms with Gasteiger partial charge in [-0.05, 0) is 55.2 Å². The monoisotopic (exact) mass is 528 g/mol. The van der Waals surface area contributed by atoms with Crippen molar-refractivity contribution in [2.75, 3.05) is 13.6 Å². The molecule has 1 atom stereocenters. The van der Waals surface area contributed by atoms with Crippen LogP contribution in [0.25, 0.3) is 0 Å². The third-order valence-corrected chi connectivity index (χ3v) is 4.73. The molecule has 0 fully saturated rings. The maximum atomic E-state index is 12.3. The first-order chi connectivity index (χ1) is 13.5. The molecule has 1 amide bonds. The van der Waals surface area contributed by atoms with Crippen LogP contribution in [-0.4, -0.2) is 31.5 Å². The number of halogens is 2. The fourth-order valence-corrected chi connectivity index (χ4v) is 2.74. The molecule has 2 aromatic rings. The number of hydrogen-bond donors (Lipinski definition) is 3. The van der Waals surface area contributed by atoms with Crippen LogP contribution >= 0.6 is 35.6 Å². The molecule has 2 aromatic carbocycles. The maximum absolute atomic E-state index is 12.3. The topological polar surface area (TPSA) is 65.5 Å². The zero-order valence-electron chi connectivity index (χ0n) is 17.2. The highest BCUT2D eigenvalue weighted by Crippen LogP contribution is 2.09. The highest BCUT2D eigenvalue weighted by atomic mass is 127. The van der Waals surface area contributed by atoms with Crippen molar-refractivity contribution < 1.29 is 4.79 Å². The summed E-state index contributed by atoms with van der Waals surface area (Å²) in [6.45, 7) is 5.41. The number of amides is 1. The third kappa shape index (κ3) is 9.04. The van der Waals surface area contributed by atoms with Crippen LogP contribution in [0, 0.1) is 0 Å². The van der Waals surface area contributed by atoms with Crippen LogP contribution in [0.15, 0.2) is 53.5 Å². The van der Waals surface area contributed by atoms with Gasteiger partial charge in [-0.1, -0.05) is 42.8 Å². The van der Waals surface area contributed by atoms with Gasteiger partial charge < -0.3 is 16.0 Å². The van der Waals surface area contributed by atoms with Crippen LogP contribution < -0.4 is 16.0 Å². The van der Waals surface area contributed by atoms with Gasteiger partial charge in [0.1, 0.15) is 0 Å². The van der Waals surface area contributed by atoms with Gasteiger partial charge >= 0.3 is 0 Å². The lowest BCUT2D eigenvalue weighted by Gasteiger charge is -2.14. The fourth-order valence-electron chi connectivity index (χ4n) is 2.61. The summed E-state index contributed by atoms with van der Waals surface area (Å²) >= 11 is 5.91. The lowest BCUT2D eigenvalue weighted by atomic mass is 10.1. The smallest absolute Gasteiger partial charge is 0.251 e. The average molecular weight is 529 g/mol. The number of nitrogens with zero attached hydrogens (tertiary/aromatic N) is 1. The summed E-state index contributed by atoms with van der Waals surface area (Å²) in [5, 5.41) is 10.3. The molecule has 0 aliphatic heterocycles. The quantitative estimate of drug-likeness (QED) is 0.270. The Labute approximate surface area is 195 Å². The van der Waals surface area contributed by atoms with Crippen molar-refractivity contribution in [3.8, 4) is 0 Å². The molecule has 0 bridgehead atoms. The number of rotatable bonds is 8. The van der Waals surface area contributed by atoms with E-state index in [2.05, 4.69) is 27.9 Å². The van der Waals surface area contributed by atoms with Crippen molar-refractivity contribution >= 4 is 47.4 Å². The second kappa shape index (κ2) is 13.4. The molecule has 3 N–H and O–H groups in total. The lowest BCUT2D eigenvalue weighted by molar-refractivity contribution is 0.0939. The SMILES string of the molecule is CCC(C)NC(=O)c1cccc(CNC(=NC)NCCc2ccc(Cl)cc2)c1.I. The van der Waals surface area contributed by atoms with E-state index in [4.69, 9.17) is 11.6 Å². The molecular formula is C22H30ClIN4O. The highest BCUT2D eigenvalue weighted by molar-refractivity contribution is 14.0. The standard InChI is InChI=1S/C22H29ClN4O.HI/c1-4-16(2)27-21(28)19-7-5-6-18(14-19)15-26-22(24-3)25-13-12-17-8-10-20(23)11-9-17;/h5-11,14,16H,4,12-13,15H2,1-3H3,(H,27,28)(H2,24,25,26);1H. The second-order valence-electron chi connectivity index (χ2n) is 6.71. The summed E-state index contributed by atoms with van der Waals surface area (Å²) in [5.41, 5.74) is 2.91. The van der Waals surface area contributed by atoms with E-state index >= 15 is 0 Å². The molecule has 158 valence electrons. The van der Waals surface area contributed by atoms with Crippen molar-refractivity contribution in [2.45, 2.75) is 39.3 Å². The predicted molar refractivity (Wildman–Crippen MR) is 132 cm³/mol. The average Bonchev–Trinajstić information content (AvgIpc) is 2.72. The second-order valence-corrected chi connectivity index (χ2v) is 7.15. The molecule has 0 aliphatic carbocycles. The molecule has 2 rings (SSSR count). The van der Waals surface area contributed by atoms with Crippen LogP contribution in [-0.2, 0) is 13.0 Å². The van der Waals surface area contributed by atoms with E-state index in [1.165, 1.54) is 5.56 Å². The predicted octanol–water partition coefficient (Wildman–Crippen LogP) is 4.39. The van der Waals surface area contributed by atoms with Crippen LogP contribution in [0.1, 0.15) is 41.8 Å². The van der Waals surface area contributed by atoms with Gasteiger partial charge in [-0.2, -0.15) is 0 Å². The van der Waals surface area contributed by atoms with Gasteiger partial charge in [0.05, 0.1) is 0 Å². The Bertz CT molecular complexity index is 796. The number of aliphatic imine (C=N–C) groups is 1. The summed E-state index contributed by atoms with van der Waals surface area (Å²) in [5.74, 6) is 0.685. The summed E-state index contributed by atoms with van der Waals surface area (Å²) in [6, 6.07) is 15.6.